The van der Waals surface area contributed by atoms with Gasteiger partial charge in [0.15, 0.2) is 5.82 Å². The topological polar surface area (TPSA) is 49.8 Å². The van der Waals surface area contributed by atoms with E-state index in [1.807, 2.05) is 24.4 Å². The summed E-state index contributed by atoms with van der Waals surface area (Å²) in [5.41, 5.74) is 8.06. The maximum atomic E-state index is 5.98. The fourth-order valence-electron chi connectivity index (χ4n) is 3.30. The van der Waals surface area contributed by atoms with Gasteiger partial charge in [0.25, 0.3) is 0 Å². The fourth-order valence-corrected chi connectivity index (χ4v) is 3.30. The molecule has 0 aliphatic carbocycles. The Hall–Kier alpha value is -1.59. The first-order valence-electron chi connectivity index (χ1n) is 7.85. The van der Waals surface area contributed by atoms with E-state index in [1.165, 1.54) is 25.9 Å². The van der Waals surface area contributed by atoms with Crippen LogP contribution in [0.25, 0.3) is 5.65 Å². The van der Waals surface area contributed by atoms with Crippen LogP contribution in [0, 0.1) is 0 Å². The van der Waals surface area contributed by atoms with Gasteiger partial charge in [-0.3, -0.25) is 0 Å². The Kier molecular flexibility index (Phi) is 4.12. The van der Waals surface area contributed by atoms with Gasteiger partial charge in [-0.2, -0.15) is 0 Å². The summed E-state index contributed by atoms with van der Waals surface area (Å²) in [7, 11) is 2.16. The molecule has 1 aliphatic heterocycles. The Morgan fingerprint density at radius 1 is 1.33 bits per heavy atom. The summed E-state index contributed by atoms with van der Waals surface area (Å²) in [5, 5.41) is 0. The van der Waals surface area contributed by atoms with Crippen LogP contribution < -0.4 is 10.6 Å². The van der Waals surface area contributed by atoms with Crippen LogP contribution in [0.3, 0.4) is 0 Å². The molecule has 0 unspecified atom stereocenters. The van der Waals surface area contributed by atoms with Crippen molar-refractivity contribution < 1.29 is 0 Å². The Morgan fingerprint density at radius 3 is 2.76 bits per heavy atom. The number of hydrogen-bond acceptors (Lipinski definition) is 4. The van der Waals surface area contributed by atoms with E-state index in [1.54, 1.807) is 0 Å². The number of nitrogens with zero attached hydrogens (tertiary/aromatic N) is 4. The van der Waals surface area contributed by atoms with Gasteiger partial charge in [-0.05, 0) is 31.5 Å². The lowest BCUT2D eigenvalue weighted by molar-refractivity contribution is 0.220. The standard InChI is InChI=1S/C16H25N5/c1-3-20-10-7-13(8-11-20)19(2)16-14(12-17)21-9-5-4-6-15(21)18-16/h4-6,9,13H,3,7-8,10-12,17H2,1-2H3. The van der Waals surface area contributed by atoms with Crippen molar-refractivity contribution >= 4 is 11.5 Å². The highest BCUT2D eigenvalue weighted by Crippen LogP contribution is 2.25. The smallest absolute Gasteiger partial charge is 0.152 e. The molecular formula is C16H25N5. The van der Waals surface area contributed by atoms with Gasteiger partial charge in [-0.15, -0.1) is 0 Å². The first-order valence-corrected chi connectivity index (χ1v) is 7.85. The van der Waals surface area contributed by atoms with Crippen LogP contribution in [0.5, 0.6) is 0 Å². The van der Waals surface area contributed by atoms with Crippen molar-refractivity contribution in [3.05, 3.63) is 30.1 Å². The Balaban J connectivity index is 1.86. The second-order valence-electron chi connectivity index (χ2n) is 5.79. The van der Waals surface area contributed by atoms with Crippen LogP contribution in [0.2, 0.25) is 0 Å². The lowest BCUT2D eigenvalue weighted by Crippen LogP contribution is -2.43. The van der Waals surface area contributed by atoms with Gasteiger partial charge in [0.2, 0.25) is 0 Å². The quantitative estimate of drug-likeness (QED) is 0.930. The number of piperidine rings is 1. The van der Waals surface area contributed by atoms with Crippen molar-refractivity contribution in [1.82, 2.24) is 14.3 Å². The Bertz CT molecular complexity index is 598. The zero-order chi connectivity index (χ0) is 14.8. The molecule has 0 aromatic carbocycles. The molecule has 1 aliphatic rings. The number of aromatic nitrogens is 2. The zero-order valence-electron chi connectivity index (χ0n) is 13.0. The molecule has 5 heteroatoms. The fraction of sp³-hybridized carbons (Fsp3) is 0.562. The minimum Gasteiger partial charge on any atom is -0.355 e. The highest BCUT2D eigenvalue weighted by molar-refractivity contribution is 5.56. The number of fused-ring (bicyclic) bond motifs is 1. The molecule has 2 N–H and O–H groups in total. The number of hydrogen-bond donors (Lipinski definition) is 1. The van der Waals surface area contributed by atoms with E-state index in [-0.39, 0.29) is 0 Å². The molecule has 0 bridgehead atoms. The molecule has 0 saturated carbocycles. The third kappa shape index (κ3) is 2.63. The second kappa shape index (κ2) is 6.03. The molecule has 114 valence electrons. The normalized spacial score (nSPS) is 17.5. The first kappa shape index (κ1) is 14.4. The maximum Gasteiger partial charge on any atom is 0.152 e. The molecular weight excluding hydrogens is 262 g/mol. The number of likely N-dealkylation sites (tertiary alicyclic amines) is 1. The van der Waals surface area contributed by atoms with Crippen LogP contribution in [-0.4, -0.2) is 47.0 Å². The molecule has 0 spiro atoms. The van der Waals surface area contributed by atoms with Crippen LogP contribution >= 0.6 is 0 Å². The van der Waals surface area contributed by atoms with Crippen LogP contribution in [0.4, 0.5) is 5.82 Å². The predicted octanol–water partition coefficient (Wildman–Crippen LogP) is 1.71. The maximum absolute atomic E-state index is 5.98. The van der Waals surface area contributed by atoms with E-state index >= 15 is 0 Å². The largest absolute Gasteiger partial charge is 0.355 e. The van der Waals surface area contributed by atoms with E-state index in [0.29, 0.717) is 12.6 Å². The summed E-state index contributed by atoms with van der Waals surface area (Å²) in [6, 6.07) is 6.64. The van der Waals surface area contributed by atoms with E-state index in [4.69, 9.17) is 10.7 Å². The average molecular weight is 287 g/mol. The van der Waals surface area contributed by atoms with Crippen LogP contribution in [0.15, 0.2) is 24.4 Å². The van der Waals surface area contributed by atoms with Gasteiger partial charge < -0.3 is 19.9 Å². The van der Waals surface area contributed by atoms with Crippen molar-refractivity contribution in [2.24, 2.45) is 5.73 Å². The van der Waals surface area contributed by atoms with Crippen molar-refractivity contribution in [3.8, 4) is 0 Å². The molecule has 3 heterocycles. The lowest BCUT2D eigenvalue weighted by atomic mass is 10.0. The molecule has 0 amide bonds. The number of pyridine rings is 1. The van der Waals surface area contributed by atoms with Gasteiger partial charge in [-0.25, -0.2) is 4.98 Å². The summed E-state index contributed by atoms with van der Waals surface area (Å²) in [6.07, 6.45) is 4.44. The molecule has 1 fully saturated rings. The summed E-state index contributed by atoms with van der Waals surface area (Å²) >= 11 is 0. The summed E-state index contributed by atoms with van der Waals surface area (Å²) in [5.74, 6) is 1.04. The van der Waals surface area contributed by atoms with E-state index in [0.717, 1.165) is 23.7 Å². The molecule has 1 saturated heterocycles. The van der Waals surface area contributed by atoms with Crippen LogP contribution in [0.1, 0.15) is 25.5 Å². The molecule has 2 aromatic rings. The van der Waals surface area contributed by atoms with Crippen molar-refractivity contribution in [2.45, 2.75) is 32.4 Å². The Labute approximate surface area is 126 Å². The molecule has 0 atom stereocenters. The Morgan fingerprint density at radius 2 is 2.10 bits per heavy atom. The number of nitrogens with two attached hydrogens (primary N) is 1. The molecule has 2 aromatic heterocycles. The SMILES string of the molecule is CCN1CCC(N(C)c2nc3ccccn3c2CN)CC1. The van der Waals surface area contributed by atoms with E-state index < -0.39 is 0 Å². The second-order valence-corrected chi connectivity index (χ2v) is 5.79. The van der Waals surface area contributed by atoms with Gasteiger partial charge in [0, 0.05) is 38.9 Å². The molecule has 3 rings (SSSR count). The van der Waals surface area contributed by atoms with E-state index in [2.05, 4.69) is 28.2 Å². The lowest BCUT2D eigenvalue weighted by Gasteiger charge is -2.36. The third-order valence-corrected chi connectivity index (χ3v) is 4.69. The minimum absolute atomic E-state index is 0.513. The monoisotopic (exact) mass is 287 g/mol. The van der Waals surface area contributed by atoms with E-state index in [9.17, 15) is 0 Å². The van der Waals surface area contributed by atoms with Crippen molar-refractivity contribution in [2.75, 3.05) is 31.6 Å². The first-order chi connectivity index (χ1) is 10.2. The molecule has 0 radical (unpaired) electrons. The number of rotatable bonds is 4. The van der Waals surface area contributed by atoms with Crippen molar-refractivity contribution in [1.29, 1.82) is 0 Å². The zero-order valence-corrected chi connectivity index (χ0v) is 13.0. The summed E-state index contributed by atoms with van der Waals surface area (Å²) < 4.78 is 2.10. The highest BCUT2D eigenvalue weighted by atomic mass is 15.3. The predicted molar refractivity (Wildman–Crippen MR) is 86.6 cm³/mol. The van der Waals surface area contributed by atoms with Crippen LogP contribution in [-0.2, 0) is 6.54 Å². The highest BCUT2D eigenvalue weighted by Gasteiger charge is 2.25. The summed E-state index contributed by atoms with van der Waals surface area (Å²) in [4.78, 5) is 9.64. The average Bonchev–Trinajstić information content (AvgIpc) is 2.92. The minimum atomic E-state index is 0.513. The number of anilines is 1. The van der Waals surface area contributed by atoms with Gasteiger partial charge in [0.1, 0.15) is 5.65 Å². The molecule has 5 nitrogen and oxygen atoms in total. The molecule has 21 heavy (non-hydrogen) atoms. The van der Waals surface area contributed by atoms with Gasteiger partial charge in [0.05, 0.1) is 5.69 Å². The number of imidazole rings is 1. The summed E-state index contributed by atoms with van der Waals surface area (Å²) in [6.45, 7) is 6.25. The van der Waals surface area contributed by atoms with Crippen molar-refractivity contribution in [3.63, 3.8) is 0 Å². The van der Waals surface area contributed by atoms with Gasteiger partial charge >= 0.3 is 0 Å². The third-order valence-electron chi connectivity index (χ3n) is 4.69. The van der Waals surface area contributed by atoms with Gasteiger partial charge in [-0.1, -0.05) is 13.0 Å².